The number of rotatable bonds is 2. The molecular weight excluding hydrogens is 218 g/mol. The van der Waals surface area contributed by atoms with Crippen LogP contribution in [0.3, 0.4) is 0 Å². The standard InChI is InChI=1S/C13H17NO3/c15-12(14-5-1-2-6-14)10-8-3-4-9(7-8)11(10)13(16)17/h3-4,8-11H,1-2,5-7H2,(H,16,17)/p-1/t8-,9+,10-,11+/m1/s1. The Bertz CT molecular complexity index is 384. The molecule has 1 aliphatic heterocycles. The fraction of sp³-hybridized carbons (Fsp3) is 0.692. The molecule has 1 amide bonds. The van der Waals surface area contributed by atoms with Crippen molar-refractivity contribution in [3.8, 4) is 0 Å². The smallest absolute Gasteiger partial charge is 0.226 e. The number of hydrogen-bond acceptors (Lipinski definition) is 3. The maximum absolute atomic E-state index is 12.4. The molecule has 2 aliphatic carbocycles. The third kappa shape index (κ3) is 1.58. The van der Waals surface area contributed by atoms with Gasteiger partial charge in [-0.2, -0.15) is 0 Å². The zero-order valence-electron chi connectivity index (χ0n) is 9.67. The molecule has 0 aromatic heterocycles. The molecule has 2 fully saturated rings. The SMILES string of the molecule is O=C([O-])[C@@H]1[C@H](C(=O)N2CCCC2)[C@@H]2C=C[C@H]1C2. The van der Waals surface area contributed by atoms with Gasteiger partial charge in [0.15, 0.2) is 0 Å². The second-order valence-electron chi connectivity index (χ2n) is 5.35. The number of hydrogen-bond donors (Lipinski definition) is 0. The van der Waals surface area contributed by atoms with Crippen molar-refractivity contribution in [3.63, 3.8) is 0 Å². The molecule has 0 aromatic rings. The fourth-order valence-electron chi connectivity index (χ4n) is 3.63. The lowest BCUT2D eigenvalue weighted by Gasteiger charge is -2.31. The van der Waals surface area contributed by atoms with Gasteiger partial charge in [0.2, 0.25) is 5.91 Å². The Morgan fingerprint density at radius 1 is 1.06 bits per heavy atom. The van der Waals surface area contributed by atoms with Gasteiger partial charge in [-0.1, -0.05) is 12.2 Å². The van der Waals surface area contributed by atoms with Crippen LogP contribution in [0.25, 0.3) is 0 Å². The third-order valence-corrected chi connectivity index (χ3v) is 4.43. The molecule has 0 spiro atoms. The Morgan fingerprint density at radius 2 is 1.65 bits per heavy atom. The average Bonchev–Trinajstić information content (AvgIpc) is 3.02. The van der Waals surface area contributed by atoms with Crippen LogP contribution in [0.1, 0.15) is 19.3 Å². The number of carbonyl (C=O) groups excluding carboxylic acids is 2. The summed E-state index contributed by atoms with van der Waals surface area (Å²) >= 11 is 0. The van der Waals surface area contributed by atoms with Crippen LogP contribution >= 0.6 is 0 Å². The predicted octanol–water partition coefficient (Wildman–Crippen LogP) is -0.203. The van der Waals surface area contributed by atoms with Crippen molar-refractivity contribution in [3.05, 3.63) is 12.2 Å². The van der Waals surface area contributed by atoms with Gasteiger partial charge in [-0.05, 0) is 31.1 Å². The summed E-state index contributed by atoms with van der Waals surface area (Å²) < 4.78 is 0. The minimum atomic E-state index is -1.06. The molecule has 3 aliphatic rings. The molecule has 92 valence electrons. The van der Waals surface area contributed by atoms with E-state index in [1.54, 1.807) is 0 Å². The molecule has 0 radical (unpaired) electrons. The number of amides is 1. The quantitative estimate of drug-likeness (QED) is 0.621. The average molecular weight is 234 g/mol. The molecule has 0 N–H and O–H groups in total. The summed E-state index contributed by atoms with van der Waals surface area (Å²) in [5.74, 6) is -1.85. The lowest BCUT2D eigenvalue weighted by atomic mass is 9.82. The Morgan fingerprint density at radius 3 is 2.24 bits per heavy atom. The van der Waals surface area contributed by atoms with Crippen LogP contribution in [-0.4, -0.2) is 29.9 Å². The second kappa shape index (κ2) is 3.86. The summed E-state index contributed by atoms with van der Waals surface area (Å²) in [5.41, 5.74) is 0. The Balaban J connectivity index is 1.83. The summed E-state index contributed by atoms with van der Waals surface area (Å²) in [4.78, 5) is 25.4. The minimum Gasteiger partial charge on any atom is -0.550 e. The molecule has 1 saturated heterocycles. The van der Waals surface area contributed by atoms with E-state index in [-0.39, 0.29) is 23.7 Å². The first kappa shape index (κ1) is 10.8. The normalized spacial score (nSPS) is 38.9. The first-order chi connectivity index (χ1) is 8.18. The van der Waals surface area contributed by atoms with E-state index >= 15 is 0 Å². The van der Waals surface area contributed by atoms with Crippen molar-refractivity contribution in [2.45, 2.75) is 19.3 Å². The van der Waals surface area contributed by atoms with Gasteiger partial charge in [-0.25, -0.2) is 0 Å². The summed E-state index contributed by atoms with van der Waals surface area (Å²) in [7, 11) is 0. The molecule has 2 bridgehead atoms. The van der Waals surface area contributed by atoms with Crippen molar-refractivity contribution in [1.82, 2.24) is 4.90 Å². The maximum atomic E-state index is 12.4. The first-order valence-electron chi connectivity index (χ1n) is 6.36. The van der Waals surface area contributed by atoms with E-state index in [0.29, 0.717) is 0 Å². The number of carboxylic acid groups (broad SMARTS) is 1. The zero-order valence-corrected chi connectivity index (χ0v) is 9.67. The van der Waals surface area contributed by atoms with E-state index < -0.39 is 11.9 Å². The van der Waals surface area contributed by atoms with Gasteiger partial charge in [0.1, 0.15) is 0 Å². The molecule has 0 aromatic carbocycles. The van der Waals surface area contributed by atoms with E-state index in [4.69, 9.17) is 0 Å². The molecular formula is C13H16NO3-. The number of carboxylic acids is 1. The molecule has 4 atom stereocenters. The fourth-order valence-corrected chi connectivity index (χ4v) is 3.63. The van der Waals surface area contributed by atoms with Gasteiger partial charge in [0, 0.05) is 25.0 Å². The number of nitrogens with zero attached hydrogens (tertiary/aromatic N) is 1. The molecule has 1 saturated carbocycles. The van der Waals surface area contributed by atoms with Crippen LogP contribution in [0, 0.1) is 23.7 Å². The number of allylic oxidation sites excluding steroid dienone is 2. The lowest BCUT2D eigenvalue weighted by Crippen LogP contribution is -2.45. The van der Waals surface area contributed by atoms with Gasteiger partial charge in [-0.15, -0.1) is 0 Å². The van der Waals surface area contributed by atoms with Crippen molar-refractivity contribution in [2.24, 2.45) is 23.7 Å². The van der Waals surface area contributed by atoms with Crippen molar-refractivity contribution in [1.29, 1.82) is 0 Å². The number of carbonyl (C=O) groups is 2. The second-order valence-corrected chi connectivity index (χ2v) is 5.35. The van der Waals surface area contributed by atoms with Gasteiger partial charge in [0.05, 0.1) is 5.92 Å². The molecule has 3 rings (SSSR count). The molecule has 4 heteroatoms. The highest BCUT2D eigenvalue weighted by Gasteiger charge is 2.49. The monoisotopic (exact) mass is 234 g/mol. The van der Waals surface area contributed by atoms with Crippen LogP contribution in [-0.2, 0) is 9.59 Å². The molecule has 1 heterocycles. The van der Waals surface area contributed by atoms with Crippen LogP contribution < -0.4 is 5.11 Å². The van der Waals surface area contributed by atoms with E-state index in [1.165, 1.54) is 0 Å². The predicted molar refractivity (Wildman–Crippen MR) is 58.5 cm³/mol. The number of likely N-dealkylation sites (tertiary alicyclic amines) is 1. The molecule has 0 unspecified atom stereocenters. The third-order valence-electron chi connectivity index (χ3n) is 4.43. The summed E-state index contributed by atoms with van der Waals surface area (Å²) in [6.07, 6.45) is 6.85. The highest BCUT2D eigenvalue weighted by Crippen LogP contribution is 2.48. The van der Waals surface area contributed by atoms with Crippen LogP contribution in [0.4, 0.5) is 0 Å². The van der Waals surface area contributed by atoms with E-state index in [9.17, 15) is 14.7 Å². The van der Waals surface area contributed by atoms with Crippen LogP contribution in [0.15, 0.2) is 12.2 Å². The van der Waals surface area contributed by atoms with E-state index in [0.717, 1.165) is 32.4 Å². The van der Waals surface area contributed by atoms with E-state index in [1.807, 2.05) is 17.1 Å². The Kier molecular flexibility index (Phi) is 2.45. The van der Waals surface area contributed by atoms with Gasteiger partial charge in [-0.3, -0.25) is 4.79 Å². The lowest BCUT2D eigenvalue weighted by molar-refractivity contribution is -0.313. The number of aliphatic carboxylic acids is 1. The highest BCUT2D eigenvalue weighted by molar-refractivity contribution is 5.86. The summed E-state index contributed by atoms with van der Waals surface area (Å²) in [6, 6.07) is 0. The molecule has 4 nitrogen and oxygen atoms in total. The largest absolute Gasteiger partial charge is 0.550 e. The molecule has 17 heavy (non-hydrogen) atoms. The zero-order chi connectivity index (χ0) is 12.0. The van der Waals surface area contributed by atoms with Gasteiger partial charge < -0.3 is 14.8 Å². The van der Waals surface area contributed by atoms with Crippen LogP contribution in [0.2, 0.25) is 0 Å². The minimum absolute atomic E-state index is 0.0153. The topological polar surface area (TPSA) is 60.4 Å². The van der Waals surface area contributed by atoms with Crippen LogP contribution in [0.5, 0.6) is 0 Å². The van der Waals surface area contributed by atoms with Gasteiger partial charge >= 0.3 is 0 Å². The Hall–Kier alpha value is -1.32. The van der Waals surface area contributed by atoms with E-state index in [2.05, 4.69) is 0 Å². The highest BCUT2D eigenvalue weighted by atomic mass is 16.4. The summed E-state index contributed by atoms with van der Waals surface area (Å²) in [6.45, 7) is 1.58. The summed E-state index contributed by atoms with van der Waals surface area (Å²) in [5, 5.41) is 11.2. The first-order valence-corrected chi connectivity index (χ1v) is 6.36. The number of fused-ring (bicyclic) bond motifs is 2. The van der Waals surface area contributed by atoms with Gasteiger partial charge in [0.25, 0.3) is 0 Å². The van der Waals surface area contributed by atoms with Crippen molar-refractivity contribution in [2.75, 3.05) is 13.1 Å². The Labute approximate surface area is 100 Å². The maximum Gasteiger partial charge on any atom is 0.226 e. The van der Waals surface area contributed by atoms with Crippen molar-refractivity contribution >= 4 is 11.9 Å². The van der Waals surface area contributed by atoms with Crippen molar-refractivity contribution < 1.29 is 14.7 Å².